The molecule has 2 aromatic carbocycles. The van der Waals surface area contributed by atoms with Gasteiger partial charge in [-0.05, 0) is 30.2 Å². The van der Waals surface area contributed by atoms with Crippen molar-refractivity contribution in [3.8, 4) is 0 Å². The van der Waals surface area contributed by atoms with E-state index in [-0.39, 0.29) is 10.9 Å². The van der Waals surface area contributed by atoms with Crippen molar-refractivity contribution in [2.45, 2.75) is 13.0 Å². The molecule has 1 atom stereocenters. The van der Waals surface area contributed by atoms with Crippen LogP contribution in [0.2, 0.25) is 5.02 Å². The van der Waals surface area contributed by atoms with Crippen molar-refractivity contribution in [2.24, 2.45) is 5.73 Å². The Hall–Kier alpha value is -1.91. The fraction of sp³-hybridized carbons (Fsp3) is 0.125. The quantitative estimate of drug-likeness (QED) is 0.849. The SMILES string of the molecule is Cc1ccc(C(=O)NC(C(N)=S)c2ccccc2)c(Cl)c1. The molecule has 0 aliphatic rings. The Bertz CT molecular complexity index is 673. The first kappa shape index (κ1) is 15.5. The lowest BCUT2D eigenvalue weighted by Gasteiger charge is -2.18. The highest BCUT2D eigenvalue weighted by molar-refractivity contribution is 7.80. The first-order valence-corrected chi connectivity index (χ1v) is 7.19. The smallest absolute Gasteiger partial charge is 0.253 e. The number of rotatable bonds is 4. The predicted octanol–water partition coefficient (Wildman–Crippen LogP) is 3.41. The van der Waals surface area contributed by atoms with Gasteiger partial charge in [0, 0.05) is 0 Å². The van der Waals surface area contributed by atoms with E-state index in [1.54, 1.807) is 12.1 Å². The van der Waals surface area contributed by atoms with Crippen LogP contribution in [-0.2, 0) is 0 Å². The number of benzene rings is 2. The molecular weight excluding hydrogens is 304 g/mol. The lowest BCUT2D eigenvalue weighted by atomic mass is 10.1. The highest BCUT2D eigenvalue weighted by atomic mass is 35.5. The van der Waals surface area contributed by atoms with Crippen molar-refractivity contribution in [3.05, 3.63) is 70.2 Å². The first-order valence-electron chi connectivity index (χ1n) is 6.40. The number of aryl methyl sites for hydroxylation is 1. The van der Waals surface area contributed by atoms with Crippen LogP contribution in [0.25, 0.3) is 0 Å². The van der Waals surface area contributed by atoms with Gasteiger partial charge in [0.1, 0.15) is 11.0 Å². The van der Waals surface area contributed by atoms with E-state index in [1.165, 1.54) is 0 Å². The number of hydrogen-bond donors (Lipinski definition) is 2. The zero-order valence-corrected chi connectivity index (χ0v) is 13.0. The zero-order valence-electron chi connectivity index (χ0n) is 11.5. The fourth-order valence-electron chi connectivity index (χ4n) is 1.98. The van der Waals surface area contributed by atoms with Crippen LogP contribution in [-0.4, -0.2) is 10.9 Å². The fourth-order valence-corrected chi connectivity index (χ4v) is 2.49. The van der Waals surface area contributed by atoms with Crippen molar-refractivity contribution in [1.82, 2.24) is 5.32 Å². The van der Waals surface area contributed by atoms with Gasteiger partial charge in [-0.3, -0.25) is 4.79 Å². The number of hydrogen-bond acceptors (Lipinski definition) is 2. The third kappa shape index (κ3) is 3.80. The number of nitrogens with one attached hydrogen (secondary N) is 1. The number of carbonyl (C=O) groups is 1. The second-order valence-electron chi connectivity index (χ2n) is 4.70. The molecule has 3 nitrogen and oxygen atoms in total. The number of nitrogens with two attached hydrogens (primary N) is 1. The Morgan fingerprint density at radius 3 is 2.48 bits per heavy atom. The molecular formula is C16H15ClN2OS. The van der Waals surface area contributed by atoms with Gasteiger partial charge in [0.15, 0.2) is 0 Å². The van der Waals surface area contributed by atoms with E-state index in [9.17, 15) is 4.79 Å². The molecule has 21 heavy (non-hydrogen) atoms. The van der Waals surface area contributed by atoms with Crippen molar-refractivity contribution >= 4 is 34.7 Å². The van der Waals surface area contributed by atoms with E-state index in [2.05, 4.69) is 5.32 Å². The van der Waals surface area contributed by atoms with Crippen LogP contribution in [0, 0.1) is 6.92 Å². The molecule has 0 fully saturated rings. The Morgan fingerprint density at radius 1 is 1.24 bits per heavy atom. The van der Waals surface area contributed by atoms with Gasteiger partial charge in [0.2, 0.25) is 0 Å². The molecule has 108 valence electrons. The predicted molar refractivity (Wildman–Crippen MR) is 89.6 cm³/mol. The molecule has 3 N–H and O–H groups in total. The van der Waals surface area contributed by atoms with Gasteiger partial charge in [0.25, 0.3) is 5.91 Å². The number of thiocarbonyl (C=S) groups is 1. The summed E-state index contributed by atoms with van der Waals surface area (Å²) in [5.41, 5.74) is 7.97. The van der Waals surface area contributed by atoms with Gasteiger partial charge in [0.05, 0.1) is 10.6 Å². The number of carbonyl (C=O) groups excluding carboxylic acids is 1. The standard InChI is InChI=1S/C16H15ClN2OS/c1-10-7-8-12(13(17)9-10)16(20)19-14(15(18)21)11-5-3-2-4-6-11/h2-9,14H,1H3,(H2,18,21)(H,19,20). The Morgan fingerprint density at radius 2 is 1.90 bits per heavy atom. The van der Waals surface area contributed by atoms with E-state index in [4.69, 9.17) is 29.6 Å². The van der Waals surface area contributed by atoms with Gasteiger partial charge < -0.3 is 11.1 Å². The maximum Gasteiger partial charge on any atom is 0.253 e. The van der Waals surface area contributed by atoms with Gasteiger partial charge >= 0.3 is 0 Å². The van der Waals surface area contributed by atoms with Crippen LogP contribution < -0.4 is 11.1 Å². The van der Waals surface area contributed by atoms with Crippen LogP contribution in [0.3, 0.4) is 0 Å². The van der Waals surface area contributed by atoms with Crippen LogP contribution in [0.5, 0.6) is 0 Å². The minimum Gasteiger partial charge on any atom is -0.391 e. The third-order valence-electron chi connectivity index (χ3n) is 3.06. The third-order valence-corrected chi connectivity index (χ3v) is 3.61. The van der Waals surface area contributed by atoms with Gasteiger partial charge in [-0.2, -0.15) is 0 Å². The van der Waals surface area contributed by atoms with E-state index in [0.717, 1.165) is 11.1 Å². The summed E-state index contributed by atoms with van der Waals surface area (Å²) < 4.78 is 0. The summed E-state index contributed by atoms with van der Waals surface area (Å²) in [7, 11) is 0. The highest BCUT2D eigenvalue weighted by Gasteiger charge is 2.19. The van der Waals surface area contributed by atoms with Crippen LogP contribution >= 0.6 is 23.8 Å². The lowest BCUT2D eigenvalue weighted by Crippen LogP contribution is -2.36. The second kappa shape index (κ2) is 6.70. The summed E-state index contributed by atoms with van der Waals surface area (Å²) in [5, 5.41) is 3.22. The number of amides is 1. The van der Waals surface area contributed by atoms with E-state index >= 15 is 0 Å². The topological polar surface area (TPSA) is 55.1 Å². The maximum atomic E-state index is 12.4. The van der Waals surface area contributed by atoms with Crippen molar-refractivity contribution in [1.29, 1.82) is 0 Å². The molecule has 0 aromatic heterocycles. The van der Waals surface area contributed by atoms with Gasteiger partial charge in [-0.1, -0.05) is 60.2 Å². The second-order valence-corrected chi connectivity index (χ2v) is 5.58. The van der Waals surface area contributed by atoms with Crippen LogP contribution in [0.15, 0.2) is 48.5 Å². The molecule has 1 amide bonds. The number of halogens is 1. The summed E-state index contributed by atoms with van der Waals surface area (Å²) in [6, 6.07) is 14.1. The summed E-state index contributed by atoms with van der Waals surface area (Å²) in [5.74, 6) is -0.304. The van der Waals surface area contributed by atoms with Crippen LogP contribution in [0.1, 0.15) is 27.5 Å². The molecule has 0 saturated carbocycles. The summed E-state index contributed by atoms with van der Waals surface area (Å²) >= 11 is 11.2. The Balaban J connectivity index is 2.25. The monoisotopic (exact) mass is 318 g/mol. The Kier molecular flexibility index (Phi) is 4.94. The minimum absolute atomic E-state index is 0.206. The highest BCUT2D eigenvalue weighted by Crippen LogP contribution is 2.19. The molecule has 2 aromatic rings. The molecule has 1 unspecified atom stereocenters. The molecule has 0 aliphatic heterocycles. The normalized spacial score (nSPS) is 11.7. The average molecular weight is 319 g/mol. The largest absolute Gasteiger partial charge is 0.391 e. The summed E-state index contributed by atoms with van der Waals surface area (Å²) in [4.78, 5) is 12.6. The van der Waals surface area contributed by atoms with Crippen molar-refractivity contribution < 1.29 is 4.79 Å². The van der Waals surface area contributed by atoms with E-state index < -0.39 is 6.04 Å². The first-order chi connectivity index (χ1) is 9.99. The molecule has 0 saturated heterocycles. The van der Waals surface area contributed by atoms with Crippen molar-refractivity contribution in [2.75, 3.05) is 0 Å². The molecule has 2 rings (SSSR count). The van der Waals surface area contributed by atoms with E-state index in [0.29, 0.717) is 10.6 Å². The molecule has 0 spiro atoms. The molecule has 0 bridgehead atoms. The van der Waals surface area contributed by atoms with Crippen molar-refractivity contribution in [3.63, 3.8) is 0 Å². The lowest BCUT2D eigenvalue weighted by molar-refractivity contribution is 0.0947. The molecule has 0 aliphatic carbocycles. The minimum atomic E-state index is -0.522. The molecule has 0 heterocycles. The van der Waals surface area contributed by atoms with Gasteiger partial charge in [-0.25, -0.2) is 0 Å². The molecule has 5 heteroatoms. The Labute approximate surface area is 134 Å². The van der Waals surface area contributed by atoms with Gasteiger partial charge in [-0.15, -0.1) is 0 Å². The van der Waals surface area contributed by atoms with E-state index in [1.807, 2.05) is 43.3 Å². The summed E-state index contributed by atoms with van der Waals surface area (Å²) in [6.45, 7) is 1.91. The van der Waals surface area contributed by atoms with Crippen LogP contribution in [0.4, 0.5) is 0 Å². The summed E-state index contributed by atoms with van der Waals surface area (Å²) in [6.07, 6.45) is 0. The maximum absolute atomic E-state index is 12.4. The molecule has 0 radical (unpaired) electrons. The zero-order chi connectivity index (χ0) is 15.4. The average Bonchev–Trinajstić information content (AvgIpc) is 2.45.